The van der Waals surface area contributed by atoms with Gasteiger partial charge in [0, 0.05) is 16.9 Å². The first kappa shape index (κ1) is 18.3. The molecule has 1 amide bonds. The van der Waals surface area contributed by atoms with E-state index in [1.54, 1.807) is 24.3 Å². The summed E-state index contributed by atoms with van der Waals surface area (Å²) in [5.74, 6) is -0.160. The first-order valence-electron chi connectivity index (χ1n) is 8.08. The molecule has 0 atom stereocenters. The van der Waals surface area contributed by atoms with Crippen LogP contribution >= 0.6 is 12.4 Å². The molecule has 1 aliphatic rings. The Balaban J connectivity index is 0.00000208. The summed E-state index contributed by atoms with van der Waals surface area (Å²) >= 11 is 0. The maximum atomic E-state index is 12.2. The molecular formula is C19H23ClN2O2. The van der Waals surface area contributed by atoms with Gasteiger partial charge in [-0.25, -0.2) is 0 Å². The van der Waals surface area contributed by atoms with Gasteiger partial charge in [-0.05, 0) is 48.7 Å². The lowest BCUT2D eigenvalue weighted by molar-refractivity contribution is 0.0457. The molecule has 0 radical (unpaired) electrons. The van der Waals surface area contributed by atoms with Gasteiger partial charge in [0.2, 0.25) is 0 Å². The molecule has 3 N–H and O–H groups in total. The summed E-state index contributed by atoms with van der Waals surface area (Å²) in [6.07, 6.45) is 5.32. The number of nitrogen functional groups attached to an aromatic ring is 1. The zero-order chi connectivity index (χ0) is 16.1. The predicted molar refractivity (Wildman–Crippen MR) is 99.5 cm³/mol. The monoisotopic (exact) mass is 346 g/mol. The highest BCUT2D eigenvalue weighted by Crippen LogP contribution is 2.22. The maximum Gasteiger partial charge on any atom is 0.255 e. The second kappa shape index (κ2) is 8.71. The minimum absolute atomic E-state index is 0. The van der Waals surface area contributed by atoms with Crippen LogP contribution in [-0.4, -0.2) is 12.0 Å². The van der Waals surface area contributed by atoms with Crippen LogP contribution in [0, 0.1) is 0 Å². The molecule has 3 rings (SSSR count). The number of anilines is 2. The Morgan fingerprint density at radius 3 is 2.50 bits per heavy atom. The molecule has 5 heteroatoms. The summed E-state index contributed by atoms with van der Waals surface area (Å²) in [6, 6.07) is 14.7. The van der Waals surface area contributed by atoms with E-state index in [1.807, 2.05) is 24.3 Å². The number of ether oxygens (including phenoxy) is 1. The van der Waals surface area contributed by atoms with Gasteiger partial charge in [0.25, 0.3) is 5.91 Å². The van der Waals surface area contributed by atoms with Crippen LogP contribution in [0.3, 0.4) is 0 Å². The van der Waals surface area contributed by atoms with Gasteiger partial charge >= 0.3 is 0 Å². The molecule has 1 saturated carbocycles. The van der Waals surface area contributed by atoms with Crippen LogP contribution in [0.2, 0.25) is 0 Å². The fraction of sp³-hybridized carbons (Fsp3) is 0.316. The fourth-order valence-corrected chi connectivity index (χ4v) is 2.84. The molecule has 0 spiro atoms. The van der Waals surface area contributed by atoms with Crippen LogP contribution in [-0.2, 0) is 11.3 Å². The van der Waals surface area contributed by atoms with E-state index < -0.39 is 0 Å². The molecule has 0 unspecified atom stereocenters. The first-order chi connectivity index (χ1) is 11.2. The Bertz CT molecular complexity index is 667. The Morgan fingerprint density at radius 2 is 1.83 bits per heavy atom. The van der Waals surface area contributed by atoms with Crippen molar-refractivity contribution in [1.29, 1.82) is 0 Å². The molecule has 2 aromatic rings. The Morgan fingerprint density at radius 1 is 1.12 bits per heavy atom. The molecule has 2 aromatic carbocycles. The molecule has 4 nitrogen and oxygen atoms in total. The standard InChI is InChI=1S/C19H22N2O2.ClH/c20-16-5-3-4-15(12-16)19(22)21-17-10-8-14(9-11-17)13-23-18-6-1-2-7-18;/h3-5,8-12,18H,1-2,6-7,13,20H2,(H,21,22);1H. The zero-order valence-corrected chi connectivity index (χ0v) is 14.4. The molecule has 0 saturated heterocycles. The normalized spacial score (nSPS) is 14.2. The maximum absolute atomic E-state index is 12.2. The first-order valence-corrected chi connectivity index (χ1v) is 8.08. The Labute approximate surface area is 148 Å². The summed E-state index contributed by atoms with van der Waals surface area (Å²) in [5, 5.41) is 2.87. The average molecular weight is 347 g/mol. The number of nitrogens with two attached hydrogens (primary N) is 1. The number of amides is 1. The largest absolute Gasteiger partial charge is 0.399 e. The van der Waals surface area contributed by atoms with Crippen molar-refractivity contribution in [2.45, 2.75) is 38.4 Å². The van der Waals surface area contributed by atoms with E-state index in [1.165, 1.54) is 25.7 Å². The SMILES string of the molecule is Cl.Nc1cccc(C(=O)Nc2ccc(COC3CCCC3)cc2)c1. The minimum atomic E-state index is -0.160. The molecule has 0 aromatic heterocycles. The molecule has 24 heavy (non-hydrogen) atoms. The molecule has 1 fully saturated rings. The van der Waals surface area contributed by atoms with Gasteiger partial charge in [0.1, 0.15) is 0 Å². The van der Waals surface area contributed by atoms with Crippen molar-refractivity contribution in [1.82, 2.24) is 0 Å². The third-order valence-corrected chi connectivity index (χ3v) is 4.15. The lowest BCUT2D eigenvalue weighted by Crippen LogP contribution is -2.12. The van der Waals surface area contributed by atoms with Crippen molar-refractivity contribution in [2.24, 2.45) is 0 Å². The van der Waals surface area contributed by atoms with Gasteiger partial charge in [-0.2, -0.15) is 0 Å². The summed E-state index contributed by atoms with van der Waals surface area (Å²) in [4.78, 5) is 12.2. The lowest BCUT2D eigenvalue weighted by atomic mass is 10.1. The number of hydrogen-bond acceptors (Lipinski definition) is 3. The van der Waals surface area contributed by atoms with Crippen LogP contribution < -0.4 is 11.1 Å². The van der Waals surface area contributed by atoms with Crippen LogP contribution in [0.15, 0.2) is 48.5 Å². The molecule has 1 aliphatic carbocycles. The van der Waals surface area contributed by atoms with E-state index in [9.17, 15) is 4.79 Å². The highest BCUT2D eigenvalue weighted by molar-refractivity contribution is 6.04. The highest BCUT2D eigenvalue weighted by Gasteiger charge is 2.15. The van der Waals surface area contributed by atoms with Gasteiger partial charge in [0.15, 0.2) is 0 Å². The molecular weight excluding hydrogens is 324 g/mol. The zero-order valence-electron chi connectivity index (χ0n) is 13.5. The molecule has 0 heterocycles. The van der Waals surface area contributed by atoms with Gasteiger partial charge in [-0.15, -0.1) is 12.4 Å². The summed E-state index contributed by atoms with van der Waals surface area (Å²) in [7, 11) is 0. The van der Waals surface area contributed by atoms with Crippen LogP contribution in [0.1, 0.15) is 41.6 Å². The Kier molecular flexibility index (Phi) is 6.64. The highest BCUT2D eigenvalue weighted by atomic mass is 35.5. The van der Waals surface area contributed by atoms with Crippen molar-refractivity contribution in [2.75, 3.05) is 11.1 Å². The third kappa shape index (κ3) is 4.98. The van der Waals surface area contributed by atoms with Crippen molar-refractivity contribution >= 4 is 29.7 Å². The van der Waals surface area contributed by atoms with E-state index in [0.29, 0.717) is 24.0 Å². The topological polar surface area (TPSA) is 64.4 Å². The van der Waals surface area contributed by atoms with Gasteiger partial charge < -0.3 is 15.8 Å². The molecule has 0 bridgehead atoms. The van der Waals surface area contributed by atoms with Gasteiger partial charge in [-0.1, -0.05) is 31.0 Å². The number of rotatable bonds is 5. The van der Waals surface area contributed by atoms with Crippen LogP contribution in [0.5, 0.6) is 0 Å². The number of carbonyl (C=O) groups excluding carboxylic acids is 1. The number of halogens is 1. The van der Waals surface area contributed by atoms with E-state index in [-0.39, 0.29) is 18.3 Å². The minimum Gasteiger partial charge on any atom is -0.399 e. The van der Waals surface area contributed by atoms with Crippen molar-refractivity contribution in [3.63, 3.8) is 0 Å². The number of hydrogen-bond donors (Lipinski definition) is 2. The van der Waals surface area contributed by atoms with Gasteiger partial charge in [0.05, 0.1) is 12.7 Å². The van der Waals surface area contributed by atoms with Crippen molar-refractivity contribution < 1.29 is 9.53 Å². The second-order valence-electron chi connectivity index (χ2n) is 5.99. The molecule has 0 aliphatic heterocycles. The quantitative estimate of drug-likeness (QED) is 0.788. The summed E-state index contributed by atoms with van der Waals surface area (Å²) in [5.41, 5.74) is 8.73. The average Bonchev–Trinajstić information content (AvgIpc) is 3.08. The number of nitrogens with one attached hydrogen (secondary N) is 1. The van der Waals surface area contributed by atoms with E-state index >= 15 is 0 Å². The Hall–Kier alpha value is -2.04. The predicted octanol–water partition coefficient (Wildman–Crippen LogP) is 4.40. The number of benzene rings is 2. The fourth-order valence-electron chi connectivity index (χ4n) is 2.84. The van der Waals surface area contributed by atoms with E-state index in [2.05, 4.69) is 5.32 Å². The van der Waals surface area contributed by atoms with Crippen LogP contribution in [0.4, 0.5) is 11.4 Å². The second-order valence-corrected chi connectivity index (χ2v) is 5.99. The smallest absolute Gasteiger partial charge is 0.255 e. The third-order valence-electron chi connectivity index (χ3n) is 4.15. The van der Waals surface area contributed by atoms with Crippen molar-refractivity contribution in [3.8, 4) is 0 Å². The van der Waals surface area contributed by atoms with E-state index in [4.69, 9.17) is 10.5 Å². The summed E-state index contributed by atoms with van der Waals surface area (Å²) in [6.45, 7) is 0.633. The van der Waals surface area contributed by atoms with Crippen molar-refractivity contribution in [3.05, 3.63) is 59.7 Å². The van der Waals surface area contributed by atoms with Crippen LogP contribution in [0.25, 0.3) is 0 Å². The summed E-state index contributed by atoms with van der Waals surface area (Å²) < 4.78 is 5.89. The lowest BCUT2D eigenvalue weighted by Gasteiger charge is -2.11. The molecule has 128 valence electrons. The van der Waals surface area contributed by atoms with Gasteiger partial charge in [-0.3, -0.25) is 4.79 Å². The number of carbonyl (C=O) groups is 1. The van der Waals surface area contributed by atoms with E-state index in [0.717, 1.165) is 11.3 Å².